The van der Waals surface area contributed by atoms with Crippen LogP contribution in [0.5, 0.6) is 11.5 Å². The van der Waals surface area contributed by atoms with E-state index in [0.717, 1.165) is 12.1 Å². The van der Waals surface area contributed by atoms with Crippen molar-refractivity contribution >= 4 is 29.2 Å². The van der Waals surface area contributed by atoms with E-state index in [1.54, 1.807) is 18.2 Å². The molecular formula is C12H15NO3S2. The molecule has 1 aromatic carbocycles. The summed E-state index contributed by atoms with van der Waals surface area (Å²) >= 11 is 9.26. The van der Waals surface area contributed by atoms with Gasteiger partial charge >= 0.3 is 0 Å². The zero-order chi connectivity index (χ0) is 13.1. The third-order valence-corrected chi connectivity index (χ3v) is 3.20. The molecule has 1 saturated heterocycles. The Morgan fingerprint density at radius 1 is 1.67 bits per heavy atom. The van der Waals surface area contributed by atoms with Crippen molar-refractivity contribution in [3.8, 4) is 11.5 Å². The number of hydrogen-bond donors (Lipinski definition) is 2. The number of phenols is 1. The van der Waals surface area contributed by atoms with Gasteiger partial charge in [0.2, 0.25) is 0 Å². The lowest BCUT2D eigenvalue weighted by Gasteiger charge is -2.23. The van der Waals surface area contributed by atoms with Crippen LogP contribution in [0.25, 0.3) is 0 Å². The summed E-state index contributed by atoms with van der Waals surface area (Å²) in [7, 11) is 0. The molecule has 1 aliphatic heterocycles. The number of nitrogens with zero attached hydrogens (tertiary/aromatic N) is 1. The molecule has 1 unspecified atom stereocenters. The van der Waals surface area contributed by atoms with E-state index in [2.05, 4.69) is 12.6 Å². The second kappa shape index (κ2) is 5.77. The van der Waals surface area contributed by atoms with Crippen LogP contribution in [0.1, 0.15) is 18.7 Å². The van der Waals surface area contributed by atoms with Crippen LogP contribution in [0.4, 0.5) is 0 Å². The SMILES string of the molecule is CCOc1cc(C2OCCN2C(=S)S)ccc1O. The van der Waals surface area contributed by atoms with E-state index >= 15 is 0 Å². The minimum atomic E-state index is -0.255. The van der Waals surface area contributed by atoms with Crippen LogP contribution in [0.15, 0.2) is 18.2 Å². The predicted octanol–water partition coefficient (Wildman–Crippen LogP) is 2.34. The molecule has 1 aliphatic rings. The number of ether oxygens (including phenoxy) is 2. The fourth-order valence-corrected chi connectivity index (χ4v) is 2.29. The molecule has 0 bridgehead atoms. The Morgan fingerprint density at radius 2 is 2.44 bits per heavy atom. The van der Waals surface area contributed by atoms with Gasteiger partial charge in [-0.3, -0.25) is 0 Å². The first-order chi connectivity index (χ1) is 8.63. The molecule has 4 nitrogen and oxygen atoms in total. The molecule has 18 heavy (non-hydrogen) atoms. The van der Waals surface area contributed by atoms with Crippen molar-refractivity contribution < 1.29 is 14.6 Å². The summed E-state index contributed by atoms with van der Waals surface area (Å²) < 4.78 is 11.5. The summed E-state index contributed by atoms with van der Waals surface area (Å²) in [6.45, 7) is 3.69. The van der Waals surface area contributed by atoms with Crippen molar-refractivity contribution in [1.82, 2.24) is 4.90 Å². The average molecular weight is 285 g/mol. The van der Waals surface area contributed by atoms with Crippen LogP contribution in [0.3, 0.4) is 0 Å². The zero-order valence-electron chi connectivity index (χ0n) is 10.00. The Hall–Kier alpha value is -0.980. The van der Waals surface area contributed by atoms with E-state index in [1.807, 2.05) is 11.8 Å². The first-order valence-corrected chi connectivity index (χ1v) is 6.56. The predicted molar refractivity (Wildman–Crippen MR) is 76.3 cm³/mol. The maximum Gasteiger partial charge on any atom is 0.161 e. The Morgan fingerprint density at radius 3 is 3.11 bits per heavy atom. The summed E-state index contributed by atoms with van der Waals surface area (Å²) in [6, 6.07) is 5.17. The van der Waals surface area contributed by atoms with Crippen molar-refractivity contribution in [3.63, 3.8) is 0 Å². The summed E-state index contributed by atoms with van der Waals surface area (Å²) in [6.07, 6.45) is -0.255. The first-order valence-electron chi connectivity index (χ1n) is 5.70. The maximum atomic E-state index is 9.66. The number of phenolic OH excluding ortho intramolecular Hbond substituents is 1. The van der Waals surface area contributed by atoms with Crippen LogP contribution in [0.2, 0.25) is 0 Å². The molecule has 0 spiro atoms. The molecule has 1 atom stereocenters. The molecule has 1 N–H and O–H groups in total. The molecule has 0 aliphatic carbocycles. The fraction of sp³-hybridized carbons (Fsp3) is 0.417. The van der Waals surface area contributed by atoms with E-state index in [1.165, 1.54) is 0 Å². The lowest BCUT2D eigenvalue weighted by Crippen LogP contribution is -2.26. The van der Waals surface area contributed by atoms with Crippen molar-refractivity contribution in [1.29, 1.82) is 0 Å². The van der Waals surface area contributed by atoms with Gasteiger partial charge in [-0.15, -0.1) is 12.6 Å². The van der Waals surface area contributed by atoms with Gasteiger partial charge in [0.15, 0.2) is 17.7 Å². The summed E-state index contributed by atoms with van der Waals surface area (Å²) in [4.78, 5) is 1.89. The van der Waals surface area contributed by atoms with Gasteiger partial charge in [-0.1, -0.05) is 18.3 Å². The Bertz CT molecular complexity index is 453. The van der Waals surface area contributed by atoms with Gasteiger partial charge in [0.05, 0.1) is 13.2 Å². The molecule has 0 saturated carbocycles. The molecular weight excluding hydrogens is 270 g/mol. The van der Waals surface area contributed by atoms with Crippen molar-refractivity contribution in [2.24, 2.45) is 0 Å². The number of hydrogen-bond acceptors (Lipinski definition) is 4. The second-order valence-corrected chi connectivity index (χ2v) is 4.97. The van der Waals surface area contributed by atoms with Gasteiger partial charge in [-0.25, -0.2) is 0 Å². The lowest BCUT2D eigenvalue weighted by atomic mass is 10.1. The number of rotatable bonds is 3. The Balaban J connectivity index is 2.27. The van der Waals surface area contributed by atoms with Crippen LogP contribution < -0.4 is 4.74 Å². The van der Waals surface area contributed by atoms with Gasteiger partial charge in [-0.2, -0.15) is 0 Å². The highest BCUT2D eigenvalue weighted by atomic mass is 32.1. The summed E-state index contributed by atoms with van der Waals surface area (Å²) in [5.41, 5.74) is 0.894. The molecule has 2 rings (SSSR count). The van der Waals surface area contributed by atoms with Crippen molar-refractivity contribution in [3.05, 3.63) is 23.8 Å². The van der Waals surface area contributed by atoms with Crippen LogP contribution in [0, 0.1) is 0 Å². The van der Waals surface area contributed by atoms with E-state index in [-0.39, 0.29) is 12.0 Å². The molecule has 1 heterocycles. The number of thiol groups is 1. The largest absolute Gasteiger partial charge is 0.504 e. The summed E-state index contributed by atoms with van der Waals surface area (Å²) in [5.74, 6) is 0.578. The van der Waals surface area contributed by atoms with E-state index in [4.69, 9.17) is 21.7 Å². The standard InChI is InChI=1S/C12H15NO3S2/c1-2-15-10-7-8(3-4-9(10)14)11-13(12(17)18)5-6-16-11/h3-4,7,11,14H,2,5-6H2,1H3,(H,17,18). The molecule has 1 fully saturated rings. The molecule has 0 amide bonds. The third kappa shape index (κ3) is 2.71. The number of benzene rings is 1. The smallest absolute Gasteiger partial charge is 0.161 e. The van der Waals surface area contributed by atoms with E-state index in [9.17, 15) is 5.11 Å². The normalized spacial score (nSPS) is 19.0. The first kappa shape index (κ1) is 13.5. The van der Waals surface area contributed by atoms with Gasteiger partial charge in [0, 0.05) is 12.1 Å². The summed E-state index contributed by atoms with van der Waals surface area (Å²) in [5, 5.41) is 9.66. The zero-order valence-corrected chi connectivity index (χ0v) is 11.7. The highest BCUT2D eigenvalue weighted by Gasteiger charge is 2.28. The molecule has 1 aromatic rings. The molecule has 0 radical (unpaired) electrons. The van der Waals surface area contributed by atoms with Gasteiger partial charge in [0.1, 0.15) is 4.32 Å². The van der Waals surface area contributed by atoms with Crippen LogP contribution in [-0.2, 0) is 4.74 Å². The minimum Gasteiger partial charge on any atom is -0.504 e. The molecule has 98 valence electrons. The van der Waals surface area contributed by atoms with Crippen molar-refractivity contribution in [2.75, 3.05) is 19.8 Å². The minimum absolute atomic E-state index is 0.124. The quantitative estimate of drug-likeness (QED) is 0.659. The highest BCUT2D eigenvalue weighted by molar-refractivity contribution is 8.10. The number of aromatic hydroxyl groups is 1. The highest BCUT2D eigenvalue weighted by Crippen LogP contribution is 2.34. The lowest BCUT2D eigenvalue weighted by molar-refractivity contribution is 0.0651. The Kier molecular flexibility index (Phi) is 4.31. The maximum absolute atomic E-state index is 9.66. The van der Waals surface area contributed by atoms with Gasteiger partial charge in [0.25, 0.3) is 0 Å². The monoisotopic (exact) mass is 285 g/mol. The molecule has 0 aromatic heterocycles. The van der Waals surface area contributed by atoms with E-state index < -0.39 is 0 Å². The van der Waals surface area contributed by atoms with E-state index in [0.29, 0.717) is 23.3 Å². The van der Waals surface area contributed by atoms with Crippen LogP contribution >= 0.6 is 24.8 Å². The topological polar surface area (TPSA) is 41.9 Å². The van der Waals surface area contributed by atoms with Crippen molar-refractivity contribution in [2.45, 2.75) is 13.2 Å². The van der Waals surface area contributed by atoms with Gasteiger partial charge in [-0.05, 0) is 19.1 Å². The Labute approximate surface area is 117 Å². The van der Waals surface area contributed by atoms with Crippen LogP contribution in [-0.4, -0.2) is 34.1 Å². The fourth-order valence-electron chi connectivity index (χ4n) is 1.90. The molecule has 6 heteroatoms. The van der Waals surface area contributed by atoms with Gasteiger partial charge < -0.3 is 19.5 Å². The third-order valence-electron chi connectivity index (χ3n) is 2.71. The average Bonchev–Trinajstić information content (AvgIpc) is 2.81. The number of thiocarbonyl (C=S) groups is 1. The second-order valence-electron chi connectivity index (χ2n) is 3.86.